The Morgan fingerprint density at radius 2 is 1.76 bits per heavy atom. The summed E-state index contributed by atoms with van der Waals surface area (Å²) in [6.07, 6.45) is 5.14. The summed E-state index contributed by atoms with van der Waals surface area (Å²) in [5, 5.41) is 7.35. The Bertz CT molecular complexity index is 1130. The summed E-state index contributed by atoms with van der Waals surface area (Å²) < 4.78 is 19.0. The molecule has 38 heavy (non-hydrogen) atoms. The number of aliphatic hydroxyl groups excluding tert-OH is 1. The van der Waals surface area contributed by atoms with Crippen LogP contribution in [0.25, 0.3) is 0 Å². The number of aliphatic hydroxyl groups is 1. The van der Waals surface area contributed by atoms with Crippen LogP contribution in [-0.4, -0.2) is 60.8 Å². The number of carbonyl (C=O) groups excluding carboxylic acids is 2. The van der Waals surface area contributed by atoms with Crippen LogP contribution < -0.4 is 4.90 Å². The molecule has 0 aliphatic carbocycles. The first-order valence-electron chi connectivity index (χ1n) is 13.4. The number of hydrogen-bond donors (Lipinski definition) is 1. The van der Waals surface area contributed by atoms with Crippen LogP contribution in [0.4, 0.5) is 14.9 Å². The summed E-state index contributed by atoms with van der Waals surface area (Å²) in [5.74, 6) is -0.220. The Morgan fingerprint density at radius 1 is 1.05 bits per heavy atom. The topological polar surface area (TPSA) is 70.1 Å². The standard InChI is InChI=1S/C29H36ClFN2O3.CH4O/c1-29(2,3)36-28(35)33(16-11-20-9-10-24(31)19-25(20)30)13-5-4-8-26(34)23-17-21-7-6-14-32-15-12-22(18-23)27(21)32;1-2/h9-10,17-19H,4-8,11-16H2,1-3H3;2H,1H3. The van der Waals surface area contributed by atoms with E-state index in [9.17, 15) is 14.0 Å². The molecule has 8 heteroatoms. The molecule has 0 aromatic heterocycles. The van der Waals surface area contributed by atoms with Crippen molar-refractivity contribution in [3.63, 3.8) is 0 Å². The van der Waals surface area contributed by atoms with Crippen molar-refractivity contribution in [3.8, 4) is 0 Å². The number of halogens is 2. The lowest BCUT2D eigenvalue weighted by atomic mass is 9.94. The van der Waals surface area contributed by atoms with Crippen molar-refractivity contribution in [3.05, 3.63) is 63.4 Å². The number of nitrogens with zero attached hydrogens (tertiary/aromatic N) is 2. The molecular weight excluding hydrogens is 507 g/mol. The van der Waals surface area contributed by atoms with E-state index in [4.69, 9.17) is 21.4 Å². The summed E-state index contributed by atoms with van der Waals surface area (Å²) in [6, 6.07) is 8.48. The molecule has 0 atom stereocenters. The molecule has 1 N–H and O–H groups in total. The van der Waals surface area contributed by atoms with Crippen LogP contribution in [0.15, 0.2) is 30.3 Å². The maximum absolute atomic E-state index is 13.4. The maximum Gasteiger partial charge on any atom is 0.410 e. The van der Waals surface area contributed by atoms with Crippen molar-refractivity contribution in [1.29, 1.82) is 0 Å². The third-order valence-corrected chi connectivity index (χ3v) is 7.18. The molecule has 0 spiro atoms. The van der Waals surface area contributed by atoms with Crippen LogP contribution >= 0.6 is 11.6 Å². The van der Waals surface area contributed by atoms with E-state index in [0.717, 1.165) is 50.6 Å². The second kappa shape index (κ2) is 13.4. The van der Waals surface area contributed by atoms with Gasteiger partial charge >= 0.3 is 6.09 Å². The Kier molecular flexibility index (Phi) is 10.6. The van der Waals surface area contributed by atoms with E-state index in [-0.39, 0.29) is 11.6 Å². The lowest BCUT2D eigenvalue weighted by Crippen LogP contribution is -2.38. The number of unbranched alkanes of at least 4 members (excludes halogenated alkanes) is 1. The second-order valence-corrected chi connectivity index (χ2v) is 11.2. The summed E-state index contributed by atoms with van der Waals surface area (Å²) in [5.41, 5.74) is 4.99. The highest BCUT2D eigenvalue weighted by Crippen LogP contribution is 2.37. The Morgan fingerprint density at radius 3 is 2.45 bits per heavy atom. The van der Waals surface area contributed by atoms with E-state index in [1.54, 1.807) is 11.0 Å². The van der Waals surface area contributed by atoms with Crippen LogP contribution in [-0.2, 0) is 24.0 Å². The first kappa shape index (κ1) is 29.9. The van der Waals surface area contributed by atoms with Crippen LogP contribution in [0, 0.1) is 5.82 Å². The first-order chi connectivity index (χ1) is 18.1. The van der Waals surface area contributed by atoms with E-state index >= 15 is 0 Å². The van der Waals surface area contributed by atoms with Gasteiger partial charge in [-0.1, -0.05) is 17.7 Å². The number of anilines is 1. The SMILES string of the molecule is CC(C)(C)OC(=O)N(CCCCC(=O)c1cc2c3c(c1)CCN3CCC2)CCc1ccc(F)cc1Cl.CO. The minimum Gasteiger partial charge on any atom is -0.444 e. The molecule has 1 amide bonds. The van der Waals surface area contributed by atoms with Gasteiger partial charge in [-0.2, -0.15) is 0 Å². The van der Waals surface area contributed by atoms with Crippen molar-refractivity contribution < 1.29 is 23.8 Å². The molecule has 0 bridgehead atoms. The van der Waals surface area contributed by atoms with E-state index < -0.39 is 11.7 Å². The number of benzene rings is 2. The molecule has 2 aliphatic heterocycles. The molecule has 0 radical (unpaired) electrons. The molecule has 2 heterocycles. The monoisotopic (exact) mass is 546 g/mol. The Hall–Kier alpha value is -2.64. The fourth-order valence-corrected chi connectivity index (χ4v) is 5.35. The smallest absolute Gasteiger partial charge is 0.410 e. The van der Waals surface area contributed by atoms with Crippen molar-refractivity contribution in [2.45, 2.75) is 71.3 Å². The quantitative estimate of drug-likeness (QED) is 0.298. The number of aryl methyl sites for hydroxylation is 1. The third kappa shape index (κ3) is 7.93. The molecular formula is C30H40ClFN2O4. The molecule has 6 nitrogen and oxygen atoms in total. The maximum atomic E-state index is 13.4. The minimum atomic E-state index is -0.609. The van der Waals surface area contributed by atoms with E-state index in [2.05, 4.69) is 17.0 Å². The molecule has 0 saturated heterocycles. The van der Waals surface area contributed by atoms with Crippen LogP contribution in [0.3, 0.4) is 0 Å². The van der Waals surface area contributed by atoms with Crippen molar-refractivity contribution in [2.75, 3.05) is 38.2 Å². The van der Waals surface area contributed by atoms with Gasteiger partial charge in [-0.3, -0.25) is 4.79 Å². The number of carbonyl (C=O) groups is 2. The number of ketones is 1. The van der Waals surface area contributed by atoms with Gasteiger partial charge in [0.2, 0.25) is 0 Å². The van der Waals surface area contributed by atoms with Crippen LogP contribution in [0.2, 0.25) is 5.02 Å². The van der Waals surface area contributed by atoms with Gasteiger partial charge in [-0.05, 0) is 100 Å². The number of Topliss-reactive ketones (excluding diaryl/α,β-unsaturated/α-hetero) is 1. The summed E-state index contributed by atoms with van der Waals surface area (Å²) in [4.78, 5) is 29.9. The minimum absolute atomic E-state index is 0.167. The first-order valence-corrected chi connectivity index (χ1v) is 13.8. The van der Waals surface area contributed by atoms with Gasteiger partial charge in [0.25, 0.3) is 0 Å². The van der Waals surface area contributed by atoms with Gasteiger partial charge in [0.05, 0.1) is 0 Å². The third-order valence-electron chi connectivity index (χ3n) is 6.83. The van der Waals surface area contributed by atoms with Gasteiger partial charge in [0, 0.05) is 56.0 Å². The van der Waals surface area contributed by atoms with Crippen LogP contribution in [0.1, 0.15) is 73.5 Å². The lowest BCUT2D eigenvalue weighted by Gasteiger charge is -2.28. The zero-order valence-corrected chi connectivity index (χ0v) is 23.7. The molecule has 2 aromatic carbocycles. The highest BCUT2D eigenvalue weighted by atomic mass is 35.5. The van der Waals surface area contributed by atoms with Gasteiger partial charge in [0.15, 0.2) is 5.78 Å². The molecule has 0 saturated carbocycles. The average molecular weight is 547 g/mol. The fourth-order valence-electron chi connectivity index (χ4n) is 5.09. The lowest BCUT2D eigenvalue weighted by molar-refractivity contribution is 0.0249. The molecule has 208 valence electrons. The summed E-state index contributed by atoms with van der Waals surface area (Å²) >= 11 is 6.17. The van der Waals surface area contributed by atoms with Gasteiger partial charge in [-0.25, -0.2) is 9.18 Å². The number of ether oxygens (including phenoxy) is 1. The highest BCUT2D eigenvalue weighted by Gasteiger charge is 2.27. The van der Waals surface area contributed by atoms with E-state index in [1.165, 1.54) is 28.9 Å². The second-order valence-electron chi connectivity index (χ2n) is 10.8. The largest absolute Gasteiger partial charge is 0.444 e. The van der Waals surface area contributed by atoms with Crippen molar-refractivity contribution >= 4 is 29.2 Å². The molecule has 2 aromatic rings. The van der Waals surface area contributed by atoms with Crippen LogP contribution in [0.5, 0.6) is 0 Å². The highest BCUT2D eigenvalue weighted by molar-refractivity contribution is 6.31. The zero-order valence-electron chi connectivity index (χ0n) is 23.0. The van der Waals surface area contributed by atoms with E-state index in [1.807, 2.05) is 20.8 Å². The van der Waals surface area contributed by atoms with Crippen molar-refractivity contribution in [1.82, 2.24) is 4.90 Å². The Balaban J connectivity index is 0.00000195. The van der Waals surface area contributed by atoms with Gasteiger partial charge < -0.3 is 19.6 Å². The predicted octanol–water partition coefficient (Wildman–Crippen LogP) is 6.23. The van der Waals surface area contributed by atoms with Crippen molar-refractivity contribution in [2.24, 2.45) is 0 Å². The Labute approximate surface area is 230 Å². The zero-order chi connectivity index (χ0) is 27.9. The number of rotatable bonds is 9. The van der Waals surface area contributed by atoms with Gasteiger partial charge in [0.1, 0.15) is 11.4 Å². The number of hydrogen-bond acceptors (Lipinski definition) is 5. The molecule has 0 fully saturated rings. The fraction of sp³-hybridized carbons (Fsp3) is 0.533. The number of amides is 1. The summed E-state index contributed by atoms with van der Waals surface area (Å²) in [7, 11) is 1.00. The normalized spacial score (nSPS) is 13.9. The van der Waals surface area contributed by atoms with Gasteiger partial charge in [-0.15, -0.1) is 0 Å². The molecule has 2 aliphatic rings. The average Bonchev–Trinajstić information content (AvgIpc) is 3.29. The molecule has 0 unspecified atom stereocenters. The van der Waals surface area contributed by atoms with E-state index in [0.29, 0.717) is 43.8 Å². The summed E-state index contributed by atoms with van der Waals surface area (Å²) in [6.45, 7) is 8.56. The molecule has 4 rings (SSSR count). The predicted molar refractivity (Wildman–Crippen MR) is 150 cm³/mol.